The average molecular weight is 390 g/mol. The van der Waals surface area contributed by atoms with E-state index in [-0.39, 0.29) is 0 Å². The first kappa shape index (κ1) is 19.0. The van der Waals surface area contributed by atoms with Crippen molar-refractivity contribution in [2.45, 2.75) is 0 Å². The third-order valence-electron chi connectivity index (χ3n) is 4.25. The summed E-state index contributed by atoms with van der Waals surface area (Å²) in [5.41, 5.74) is 2.90. The molecule has 6 nitrogen and oxygen atoms in total. The summed E-state index contributed by atoms with van der Waals surface area (Å²) in [4.78, 5) is 16.2. The minimum atomic E-state index is 0.949. The molecule has 0 unspecified atom stereocenters. The summed E-state index contributed by atoms with van der Waals surface area (Å²) < 4.78 is 0. The zero-order chi connectivity index (χ0) is 20.4. The van der Waals surface area contributed by atoms with E-state index in [1.165, 1.54) is 0 Å². The molecule has 6 rings (SSSR count). The fourth-order valence-electron chi connectivity index (χ4n) is 2.77. The van der Waals surface area contributed by atoms with E-state index in [9.17, 15) is 0 Å². The van der Waals surface area contributed by atoms with Gasteiger partial charge in [0.25, 0.3) is 0 Å². The van der Waals surface area contributed by atoms with Crippen LogP contribution in [-0.2, 0) is 0 Å². The molecule has 0 bridgehead atoms. The average Bonchev–Trinajstić information content (AvgIpc) is 2.85. The van der Waals surface area contributed by atoms with E-state index in [1.54, 1.807) is 31.1 Å². The number of aromatic nitrogens is 6. The Bertz CT molecular complexity index is 1000. The van der Waals surface area contributed by atoms with Crippen LogP contribution in [-0.4, -0.2) is 30.1 Å². The number of fused-ring (bicyclic) bond motifs is 3. The minimum Gasteiger partial charge on any atom is -0.253 e. The lowest BCUT2D eigenvalue weighted by Gasteiger charge is -1.90. The van der Waals surface area contributed by atoms with Crippen molar-refractivity contribution in [1.82, 2.24) is 30.1 Å². The second-order valence-electron chi connectivity index (χ2n) is 6.24. The first-order chi connectivity index (χ1) is 14.9. The highest BCUT2D eigenvalue weighted by Crippen LogP contribution is 2.08. The molecule has 3 aromatic carbocycles. The van der Waals surface area contributed by atoms with Crippen LogP contribution in [0, 0.1) is 0 Å². The van der Waals surface area contributed by atoms with Gasteiger partial charge < -0.3 is 0 Å². The van der Waals surface area contributed by atoms with E-state index >= 15 is 0 Å². The molecular weight excluding hydrogens is 372 g/mol. The zero-order valence-electron chi connectivity index (χ0n) is 16.1. The van der Waals surface area contributed by atoms with Crippen molar-refractivity contribution in [3.8, 4) is 0 Å². The summed E-state index contributed by atoms with van der Waals surface area (Å²) in [6.45, 7) is 0. The molecule has 0 fully saturated rings. The molecule has 0 amide bonds. The van der Waals surface area contributed by atoms with Gasteiger partial charge in [0, 0.05) is 34.7 Å². The lowest BCUT2D eigenvalue weighted by molar-refractivity contribution is 1.05. The Kier molecular flexibility index (Phi) is 6.18. The fraction of sp³-hybridized carbons (Fsp3) is 0. The Labute approximate surface area is 173 Å². The second-order valence-corrected chi connectivity index (χ2v) is 6.24. The molecule has 30 heavy (non-hydrogen) atoms. The van der Waals surface area contributed by atoms with Gasteiger partial charge >= 0.3 is 0 Å². The van der Waals surface area contributed by atoms with Gasteiger partial charge in [-0.3, -0.25) is 9.97 Å². The second kappa shape index (κ2) is 9.75. The highest BCUT2D eigenvalue weighted by atomic mass is 15.1. The third-order valence-corrected chi connectivity index (χ3v) is 4.25. The molecule has 0 N–H and O–H groups in total. The summed E-state index contributed by atoms with van der Waals surface area (Å²) in [6, 6.07) is 23.7. The highest BCUT2D eigenvalue weighted by molar-refractivity contribution is 5.80. The maximum absolute atomic E-state index is 4.12. The number of nitrogens with zero attached hydrogens (tertiary/aromatic N) is 6. The predicted molar refractivity (Wildman–Crippen MR) is 119 cm³/mol. The molecule has 3 aromatic heterocycles. The van der Waals surface area contributed by atoms with Crippen LogP contribution in [0.2, 0.25) is 0 Å². The Morgan fingerprint density at radius 2 is 0.933 bits per heavy atom. The Morgan fingerprint density at radius 3 is 1.50 bits per heavy atom. The van der Waals surface area contributed by atoms with Crippen molar-refractivity contribution in [3.05, 3.63) is 110 Å². The van der Waals surface area contributed by atoms with Crippen molar-refractivity contribution in [1.29, 1.82) is 0 Å². The molecule has 0 saturated heterocycles. The van der Waals surface area contributed by atoms with Crippen molar-refractivity contribution in [3.63, 3.8) is 0 Å². The van der Waals surface area contributed by atoms with Gasteiger partial charge in [-0.05, 0) is 18.2 Å². The van der Waals surface area contributed by atoms with E-state index in [0.29, 0.717) is 0 Å². The van der Waals surface area contributed by atoms with Gasteiger partial charge in [-0.15, -0.1) is 0 Å². The number of rotatable bonds is 0. The van der Waals surface area contributed by atoms with E-state index in [0.717, 1.165) is 32.7 Å². The van der Waals surface area contributed by atoms with E-state index in [1.807, 2.05) is 79.0 Å². The quantitative estimate of drug-likeness (QED) is 0.367. The molecule has 144 valence electrons. The van der Waals surface area contributed by atoms with E-state index in [2.05, 4.69) is 30.1 Å². The summed E-state index contributed by atoms with van der Waals surface area (Å²) in [6.07, 6.45) is 10.3. The Balaban J connectivity index is 0.000000109. The van der Waals surface area contributed by atoms with Crippen LogP contribution < -0.4 is 0 Å². The highest BCUT2D eigenvalue weighted by Gasteiger charge is 1.89. The Morgan fingerprint density at radius 1 is 0.433 bits per heavy atom. The molecular formula is C24H18N6. The smallest absolute Gasteiger partial charge is 0.116 e. The molecule has 0 spiro atoms. The lowest BCUT2D eigenvalue weighted by atomic mass is 10.2. The van der Waals surface area contributed by atoms with Gasteiger partial charge in [0.05, 0.1) is 28.9 Å². The first-order valence-corrected chi connectivity index (χ1v) is 9.36. The molecule has 0 radical (unpaired) electrons. The normalized spacial score (nSPS) is 10.0. The van der Waals surface area contributed by atoms with Crippen LogP contribution in [0.25, 0.3) is 32.7 Å². The fourth-order valence-corrected chi connectivity index (χ4v) is 2.77. The summed E-state index contributed by atoms with van der Waals surface area (Å²) in [7, 11) is 0. The number of para-hydroxylation sites is 3. The van der Waals surface area contributed by atoms with Crippen LogP contribution >= 0.6 is 0 Å². The molecule has 6 heteroatoms. The summed E-state index contributed by atoms with van der Waals surface area (Å²) in [5.74, 6) is 0. The van der Waals surface area contributed by atoms with Gasteiger partial charge in [-0.1, -0.05) is 54.6 Å². The van der Waals surface area contributed by atoms with Crippen molar-refractivity contribution >= 4 is 32.7 Å². The van der Waals surface area contributed by atoms with Gasteiger partial charge in [0.2, 0.25) is 0 Å². The van der Waals surface area contributed by atoms with Crippen LogP contribution in [0.3, 0.4) is 0 Å². The van der Waals surface area contributed by atoms with E-state index < -0.39 is 0 Å². The van der Waals surface area contributed by atoms with E-state index in [4.69, 9.17) is 0 Å². The number of hydrogen-bond donors (Lipinski definition) is 0. The molecule has 0 saturated carbocycles. The topological polar surface area (TPSA) is 77.3 Å². The SMILES string of the molecule is c1ccc2cnncc2c1.c1ccc2nccnc2c1.c1ccc2ncncc2c1. The first-order valence-electron chi connectivity index (χ1n) is 9.36. The molecule has 6 aromatic rings. The third kappa shape index (κ3) is 4.94. The summed E-state index contributed by atoms with van der Waals surface area (Å²) >= 11 is 0. The van der Waals surface area contributed by atoms with Gasteiger partial charge in [0.1, 0.15) is 6.33 Å². The Hall–Kier alpha value is -4.32. The van der Waals surface area contributed by atoms with Crippen LogP contribution in [0.15, 0.2) is 110 Å². The number of hydrogen-bond acceptors (Lipinski definition) is 6. The zero-order valence-corrected chi connectivity index (χ0v) is 16.1. The van der Waals surface area contributed by atoms with Gasteiger partial charge in [-0.2, -0.15) is 10.2 Å². The van der Waals surface area contributed by atoms with Crippen molar-refractivity contribution < 1.29 is 0 Å². The predicted octanol–water partition coefficient (Wildman–Crippen LogP) is 4.89. The van der Waals surface area contributed by atoms with Gasteiger partial charge in [0.15, 0.2) is 0 Å². The molecule has 3 heterocycles. The molecule has 0 atom stereocenters. The maximum Gasteiger partial charge on any atom is 0.116 e. The molecule has 0 aliphatic heterocycles. The van der Waals surface area contributed by atoms with Gasteiger partial charge in [-0.25, -0.2) is 9.97 Å². The largest absolute Gasteiger partial charge is 0.253 e. The number of benzene rings is 3. The minimum absolute atomic E-state index is 0.949. The summed E-state index contributed by atoms with van der Waals surface area (Å²) in [5, 5.41) is 10.9. The van der Waals surface area contributed by atoms with Crippen LogP contribution in [0.1, 0.15) is 0 Å². The molecule has 0 aliphatic carbocycles. The van der Waals surface area contributed by atoms with Crippen LogP contribution in [0.4, 0.5) is 0 Å². The van der Waals surface area contributed by atoms with Crippen molar-refractivity contribution in [2.24, 2.45) is 0 Å². The van der Waals surface area contributed by atoms with Crippen LogP contribution in [0.5, 0.6) is 0 Å². The lowest BCUT2D eigenvalue weighted by Crippen LogP contribution is -1.78. The molecule has 0 aliphatic rings. The monoisotopic (exact) mass is 390 g/mol. The standard InChI is InChI=1S/3C8H6N2/c1-2-4-8-7(3-1)5-9-6-10-8;1-2-4-8-6-10-9-5-7(8)3-1;1-2-4-8-7(3-1)9-5-6-10-8/h3*1-6H. The maximum atomic E-state index is 4.12. The van der Waals surface area contributed by atoms with Crippen molar-refractivity contribution in [2.75, 3.05) is 0 Å².